The van der Waals surface area contributed by atoms with Gasteiger partial charge in [0.05, 0.1) is 4.90 Å². The van der Waals surface area contributed by atoms with Crippen LogP contribution in [-0.4, -0.2) is 36.1 Å². The van der Waals surface area contributed by atoms with Crippen LogP contribution in [0, 0.1) is 0 Å². The third-order valence-corrected chi connectivity index (χ3v) is 6.95. The molecule has 1 aromatic rings. The molecule has 5 nitrogen and oxygen atoms in total. The predicted molar refractivity (Wildman–Crippen MR) is 88.2 cm³/mol. The summed E-state index contributed by atoms with van der Waals surface area (Å²) in [6.45, 7) is 5.21. The minimum atomic E-state index is -3.46. The molecule has 1 fully saturated rings. The zero-order valence-electron chi connectivity index (χ0n) is 13.8. The molecule has 1 amide bonds. The van der Waals surface area contributed by atoms with Gasteiger partial charge in [0.25, 0.3) is 0 Å². The highest BCUT2D eigenvalue weighted by atomic mass is 32.2. The zero-order chi connectivity index (χ0) is 16.6. The van der Waals surface area contributed by atoms with Crippen LogP contribution in [0.4, 0.5) is 0 Å². The second kappa shape index (κ2) is 6.24. The average Bonchev–Trinajstić information content (AvgIpc) is 2.81. The van der Waals surface area contributed by atoms with Crippen molar-refractivity contribution in [3.63, 3.8) is 0 Å². The Morgan fingerprint density at radius 2 is 1.87 bits per heavy atom. The van der Waals surface area contributed by atoms with Crippen molar-refractivity contribution in [3.05, 3.63) is 29.3 Å². The van der Waals surface area contributed by atoms with Crippen molar-refractivity contribution in [2.45, 2.75) is 63.6 Å². The number of carbonyl (C=O) groups is 1. The number of benzene rings is 1. The highest BCUT2D eigenvalue weighted by Crippen LogP contribution is 2.29. The monoisotopic (exact) mass is 336 g/mol. The van der Waals surface area contributed by atoms with Crippen LogP contribution in [-0.2, 0) is 27.9 Å². The molecule has 0 saturated carbocycles. The third kappa shape index (κ3) is 3.15. The molecule has 23 heavy (non-hydrogen) atoms. The summed E-state index contributed by atoms with van der Waals surface area (Å²) >= 11 is 0. The minimum Gasteiger partial charge on any atom is -0.334 e. The molecule has 1 saturated heterocycles. The van der Waals surface area contributed by atoms with E-state index in [2.05, 4.69) is 0 Å². The third-order valence-electron chi connectivity index (χ3n) is 4.94. The first kappa shape index (κ1) is 16.5. The number of fused-ring (bicyclic) bond motifs is 1. The number of rotatable bonds is 2. The fourth-order valence-electron chi connectivity index (χ4n) is 3.50. The zero-order valence-corrected chi connectivity index (χ0v) is 14.6. The summed E-state index contributed by atoms with van der Waals surface area (Å²) in [4.78, 5) is 13.6. The quantitative estimate of drug-likeness (QED) is 0.834. The molecule has 2 aliphatic heterocycles. The number of nitrogens with zero attached hydrogens (tertiary/aromatic N) is 2. The Hall–Kier alpha value is -1.40. The highest BCUT2D eigenvalue weighted by Gasteiger charge is 2.31. The lowest BCUT2D eigenvalue weighted by Gasteiger charge is -2.26. The molecule has 0 aliphatic carbocycles. The van der Waals surface area contributed by atoms with Crippen molar-refractivity contribution in [1.29, 1.82) is 0 Å². The fourth-order valence-corrected chi connectivity index (χ4v) is 5.25. The molecule has 1 aromatic carbocycles. The van der Waals surface area contributed by atoms with E-state index < -0.39 is 10.0 Å². The molecule has 0 radical (unpaired) electrons. The van der Waals surface area contributed by atoms with Crippen molar-refractivity contribution < 1.29 is 13.2 Å². The second-order valence-corrected chi connectivity index (χ2v) is 8.51. The van der Waals surface area contributed by atoms with Crippen LogP contribution in [0.1, 0.15) is 50.7 Å². The van der Waals surface area contributed by atoms with Gasteiger partial charge in [-0.2, -0.15) is 4.31 Å². The highest BCUT2D eigenvalue weighted by molar-refractivity contribution is 7.89. The van der Waals surface area contributed by atoms with E-state index in [0.717, 1.165) is 36.8 Å². The SMILES string of the molecule is CC(=O)N1Cc2ccc(S(=O)(=O)N3CCCCCC3C)cc2C1. The molecule has 6 heteroatoms. The van der Waals surface area contributed by atoms with Gasteiger partial charge in [0.15, 0.2) is 0 Å². The molecule has 0 aromatic heterocycles. The van der Waals surface area contributed by atoms with Crippen molar-refractivity contribution in [1.82, 2.24) is 9.21 Å². The number of carbonyl (C=O) groups excluding carboxylic acids is 1. The lowest BCUT2D eigenvalue weighted by atomic mass is 10.1. The van der Waals surface area contributed by atoms with Crippen molar-refractivity contribution in [2.75, 3.05) is 6.54 Å². The van der Waals surface area contributed by atoms with E-state index in [1.807, 2.05) is 13.0 Å². The van der Waals surface area contributed by atoms with E-state index in [9.17, 15) is 13.2 Å². The summed E-state index contributed by atoms with van der Waals surface area (Å²) in [5.41, 5.74) is 1.99. The molecule has 0 N–H and O–H groups in total. The number of hydrogen-bond acceptors (Lipinski definition) is 3. The van der Waals surface area contributed by atoms with Crippen molar-refractivity contribution in [3.8, 4) is 0 Å². The van der Waals surface area contributed by atoms with Gasteiger partial charge in [-0.25, -0.2) is 8.42 Å². The first-order valence-electron chi connectivity index (χ1n) is 8.29. The Balaban J connectivity index is 1.90. The van der Waals surface area contributed by atoms with Crippen LogP contribution in [0.5, 0.6) is 0 Å². The molecule has 126 valence electrons. The lowest BCUT2D eigenvalue weighted by molar-refractivity contribution is -0.129. The lowest BCUT2D eigenvalue weighted by Crippen LogP contribution is -2.38. The Morgan fingerprint density at radius 1 is 1.13 bits per heavy atom. The van der Waals surface area contributed by atoms with E-state index in [1.54, 1.807) is 28.3 Å². The van der Waals surface area contributed by atoms with Gasteiger partial charge in [0.1, 0.15) is 0 Å². The summed E-state index contributed by atoms with van der Waals surface area (Å²) in [6.07, 6.45) is 4.02. The Kier molecular flexibility index (Phi) is 4.47. The van der Waals surface area contributed by atoms with Gasteiger partial charge in [0, 0.05) is 32.6 Å². The number of amides is 1. The smallest absolute Gasteiger partial charge is 0.243 e. The van der Waals surface area contributed by atoms with E-state index in [-0.39, 0.29) is 11.9 Å². The summed E-state index contributed by atoms with van der Waals surface area (Å²) in [5.74, 6) is 0.0201. The number of sulfonamides is 1. The van der Waals surface area contributed by atoms with Crippen LogP contribution in [0.3, 0.4) is 0 Å². The average molecular weight is 336 g/mol. The predicted octanol–water partition coefficient (Wildman–Crippen LogP) is 2.50. The Bertz CT molecular complexity index is 715. The van der Waals surface area contributed by atoms with Gasteiger partial charge >= 0.3 is 0 Å². The normalized spacial score (nSPS) is 22.7. The fraction of sp³-hybridized carbons (Fsp3) is 0.588. The van der Waals surface area contributed by atoms with Crippen molar-refractivity contribution >= 4 is 15.9 Å². The summed E-state index contributed by atoms with van der Waals surface area (Å²) < 4.78 is 27.7. The summed E-state index contributed by atoms with van der Waals surface area (Å²) in [5, 5.41) is 0. The van der Waals surface area contributed by atoms with Crippen molar-refractivity contribution in [2.24, 2.45) is 0 Å². The first-order valence-corrected chi connectivity index (χ1v) is 9.73. The van der Waals surface area contributed by atoms with Crippen LogP contribution < -0.4 is 0 Å². The van der Waals surface area contributed by atoms with Crippen LogP contribution in [0.25, 0.3) is 0 Å². The van der Waals surface area contributed by atoms with Gasteiger partial charge in [-0.3, -0.25) is 4.79 Å². The van der Waals surface area contributed by atoms with Crippen LogP contribution in [0.2, 0.25) is 0 Å². The maximum atomic E-state index is 13.0. The standard InChI is InChI=1S/C17H24N2O3S/c1-13-6-4-3-5-9-19(13)23(21,22)17-8-7-15-11-18(14(2)20)12-16(15)10-17/h7-8,10,13H,3-6,9,11-12H2,1-2H3. The molecule has 1 atom stereocenters. The van der Waals surface area contributed by atoms with E-state index >= 15 is 0 Å². The molecule has 2 aliphatic rings. The maximum absolute atomic E-state index is 13.0. The van der Waals surface area contributed by atoms with Gasteiger partial charge in [-0.15, -0.1) is 0 Å². The Morgan fingerprint density at radius 3 is 2.61 bits per heavy atom. The molecule has 2 heterocycles. The molecule has 3 rings (SSSR count). The molecular weight excluding hydrogens is 312 g/mol. The summed E-state index contributed by atoms with van der Waals surface area (Å²) in [6, 6.07) is 5.35. The Labute approximate surface area is 138 Å². The van der Waals surface area contributed by atoms with Gasteiger partial charge in [-0.1, -0.05) is 18.9 Å². The maximum Gasteiger partial charge on any atom is 0.243 e. The molecule has 0 spiro atoms. The van der Waals surface area contributed by atoms with E-state index in [4.69, 9.17) is 0 Å². The van der Waals surface area contributed by atoms with Crippen LogP contribution in [0.15, 0.2) is 23.1 Å². The molecular formula is C17H24N2O3S. The first-order chi connectivity index (χ1) is 10.9. The number of hydrogen-bond donors (Lipinski definition) is 0. The van der Waals surface area contributed by atoms with Gasteiger partial charge in [0.2, 0.25) is 15.9 Å². The van der Waals surface area contributed by atoms with Crippen LogP contribution >= 0.6 is 0 Å². The van der Waals surface area contributed by atoms with E-state index in [1.165, 1.54) is 0 Å². The topological polar surface area (TPSA) is 57.7 Å². The largest absolute Gasteiger partial charge is 0.334 e. The molecule has 1 unspecified atom stereocenters. The van der Waals surface area contributed by atoms with Gasteiger partial charge in [-0.05, 0) is 43.0 Å². The summed E-state index contributed by atoms with van der Waals surface area (Å²) in [7, 11) is -3.46. The van der Waals surface area contributed by atoms with Gasteiger partial charge < -0.3 is 4.90 Å². The second-order valence-electron chi connectivity index (χ2n) is 6.62. The minimum absolute atomic E-state index is 0.0201. The molecule has 0 bridgehead atoms. The van der Waals surface area contributed by atoms with E-state index in [0.29, 0.717) is 24.5 Å².